The molecule has 286 valence electrons. The van der Waals surface area contributed by atoms with Gasteiger partial charge in [-0.3, -0.25) is 0 Å². The largest absolute Gasteiger partial charge is 0.321 e. The highest BCUT2D eigenvalue weighted by atomic mass is 15.2. The van der Waals surface area contributed by atoms with Crippen molar-refractivity contribution in [2.75, 3.05) is 9.80 Å². The second kappa shape index (κ2) is 15.5. The molecular weight excluding hydrogens is 726 g/mol. The lowest BCUT2D eigenvalue weighted by Crippen LogP contribution is -2.57. The minimum Gasteiger partial charge on any atom is -0.321 e. The Bertz CT molecular complexity index is 2710. The van der Waals surface area contributed by atoms with Crippen molar-refractivity contribution in [2.24, 2.45) is 0 Å². The molecule has 0 saturated heterocycles. The molecule has 4 nitrogen and oxygen atoms in total. The SMILES string of the molecule is [C-]#[N+]C1=C(c2ccccc2)N(c2ccccc2)c2cc3c(cc2B1c1c(C)cc(C)cc1C)B(c1c(C)cc(C)cc1C)C(C#N)=C(c1ccccc1)N3c1ccccc1. The van der Waals surface area contributed by atoms with Crippen LogP contribution in [0.4, 0.5) is 22.7 Å². The lowest BCUT2D eigenvalue weighted by Gasteiger charge is -2.43. The maximum atomic E-state index is 11.6. The van der Waals surface area contributed by atoms with Crippen LogP contribution >= 0.6 is 0 Å². The molecule has 0 saturated carbocycles. The molecule has 0 spiro atoms. The predicted molar refractivity (Wildman–Crippen MR) is 254 cm³/mol. The van der Waals surface area contributed by atoms with Crippen LogP contribution in [0, 0.1) is 59.4 Å². The molecular formula is C54H44B2N4. The van der Waals surface area contributed by atoms with E-state index in [2.05, 4.69) is 196 Å². The molecule has 2 aliphatic heterocycles. The first-order valence-electron chi connectivity index (χ1n) is 20.6. The van der Waals surface area contributed by atoms with Crippen LogP contribution < -0.4 is 31.7 Å². The van der Waals surface area contributed by atoms with Crippen molar-refractivity contribution in [1.29, 1.82) is 5.26 Å². The van der Waals surface area contributed by atoms with E-state index < -0.39 is 0 Å². The van der Waals surface area contributed by atoms with Gasteiger partial charge in [-0.2, -0.15) is 5.26 Å². The molecule has 60 heavy (non-hydrogen) atoms. The summed E-state index contributed by atoms with van der Waals surface area (Å²) in [5.74, 6) is 0. The third kappa shape index (κ3) is 6.33. The summed E-state index contributed by atoms with van der Waals surface area (Å²) in [5.41, 5.74) is 20.3. The number of aryl methyl sites for hydroxylation is 6. The summed E-state index contributed by atoms with van der Waals surface area (Å²) in [6.07, 6.45) is 0. The monoisotopic (exact) mass is 770 g/mol. The quantitative estimate of drug-likeness (QED) is 0.125. The standard InChI is InChI=1S/C54H44B2N4/c1-35-28-37(3)50(38(4)29-35)55-45-32-46-49(33-48(45)59(43-24-16-10-17-25-43)52(47(55)34-57)41-20-12-8-13-21-41)60(44-26-18-11-19-27-44)53(42-22-14-9-15-23-42)54(58-7)56(46)51-39(5)30-36(2)31-40(51)6/h8-33H,1-6H3. The fraction of sp³-hybridized carbons (Fsp3) is 0.111. The Hall–Kier alpha value is -7.27. The summed E-state index contributed by atoms with van der Waals surface area (Å²) in [6.45, 7) is 21.3. The molecule has 2 aliphatic rings. The van der Waals surface area contributed by atoms with Crippen LogP contribution in [-0.2, 0) is 0 Å². The maximum Gasteiger partial charge on any atom is 0.260 e. The van der Waals surface area contributed by atoms with E-state index in [0.29, 0.717) is 11.1 Å². The first kappa shape index (κ1) is 38.3. The number of nitriles is 1. The number of fused-ring (bicyclic) bond motifs is 2. The van der Waals surface area contributed by atoms with Gasteiger partial charge in [-0.25, -0.2) is 4.85 Å². The van der Waals surface area contributed by atoms with Crippen LogP contribution in [0.3, 0.4) is 0 Å². The molecule has 0 aliphatic carbocycles. The number of rotatable bonds is 6. The van der Waals surface area contributed by atoms with Gasteiger partial charge in [-0.05, 0) is 88.5 Å². The Labute approximate surface area is 355 Å². The number of hydrogen-bond acceptors (Lipinski definition) is 3. The number of benzene rings is 7. The van der Waals surface area contributed by atoms with Crippen molar-refractivity contribution < 1.29 is 0 Å². The Morgan fingerprint density at radius 3 is 1.30 bits per heavy atom. The van der Waals surface area contributed by atoms with Gasteiger partial charge in [-0.1, -0.05) is 177 Å². The zero-order valence-corrected chi connectivity index (χ0v) is 35.0. The lowest BCUT2D eigenvalue weighted by atomic mass is 9.31. The molecule has 0 N–H and O–H groups in total. The Kier molecular flexibility index (Phi) is 9.87. The van der Waals surface area contributed by atoms with Crippen LogP contribution in [0.2, 0.25) is 0 Å². The Balaban J connectivity index is 1.49. The molecule has 6 heteroatoms. The predicted octanol–water partition coefficient (Wildman–Crippen LogP) is 10.4. The van der Waals surface area contributed by atoms with Gasteiger partial charge in [-0.15, -0.1) is 0 Å². The number of para-hydroxylation sites is 2. The van der Waals surface area contributed by atoms with Gasteiger partial charge in [0.2, 0.25) is 0 Å². The molecule has 9 rings (SSSR count). The third-order valence-corrected chi connectivity index (χ3v) is 12.2. The number of hydrogen-bond donors (Lipinski definition) is 0. The van der Waals surface area contributed by atoms with Crippen LogP contribution in [0.1, 0.15) is 44.5 Å². The number of allylic oxidation sites excluding steroid dienone is 1. The molecule has 2 heterocycles. The van der Waals surface area contributed by atoms with E-state index in [4.69, 9.17) is 6.57 Å². The van der Waals surface area contributed by atoms with Crippen molar-refractivity contribution in [1.82, 2.24) is 0 Å². The molecule has 0 amide bonds. The van der Waals surface area contributed by atoms with E-state index in [0.717, 1.165) is 89.4 Å². The highest BCUT2D eigenvalue weighted by Crippen LogP contribution is 2.46. The highest BCUT2D eigenvalue weighted by molar-refractivity contribution is 6.97. The van der Waals surface area contributed by atoms with Crippen LogP contribution in [0.25, 0.3) is 16.2 Å². The van der Waals surface area contributed by atoms with Crippen molar-refractivity contribution in [3.8, 4) is 6.07 Å². The van der Waals surface area contributed by atoms with E-state index in [1.54, 1.807) is 0 Å². The summed E-state index contributed by atoms with van der Waals surface area (Å²) >= 11 is 0. The van der Waals surface area contributed by atoms with Crippen molar-refractivity contribution >= 4 is 69.4 Å². The molecule has 0 bridgehead atoms. The van der Waals surface area contributed by atoms with Gasteiger partial charge in [0.1, 0.15) is 0 Å². The minimum atomic E-state index is -0.381. The van der Waals surface area contributed by atoms with Crippen LogP contribution in [0.5, 0.6) is 0 Å². The lowest BCUT2D eigenvalue weighted by molar-refractivity contribution is 1.25. The van der Waals surface area contributed by atoms with Crippen molar-refractivity contribution in [3.63, 3.8) is 0 Å². The van der Waals surface area contributed by atoms with E-state index >= 15 is 0 Å². The smallest absolute Gasteiger partial charge is 0.260 e. The molecule has 0 radical (unpaired) electrons. The summed E-state index contributed by atoms with van der Waals surface area (Å²) < 4.78 is 0. The second-order valence-electron chi connectivity index (χ2n) is 16.3. The normalized spacial score (nSPS) is 13.5. The van der Waals surface area contributed by atoms with E-state index in [1.165, 1.54) is 11.1 Å². The average molecular weight is 771 g/mol. The fourth-order valence-electron chi connectivity index (χ4n) is 10.1. The molecule has 7 aromatic carbocycles. The van der Waals surface area contributed by atoms with Crippen LogP contribution in [0.15, 0.2) is 169 Å². The number of nitrogens with zero attached hydrogens (tertiary/aromatic N) is 4. The van der Waals surface area contributed by atoms with Gasteiger partial charge >= 0.3 is 0 Å². The molecule has 0 unspecified atom stereocenters. The first-order valence-corrected chi connectivity index (χ1v) is 20.6. The molecule has 0 atom stereocenters. The van der Waals surface area contributed by atoms with Gasteiger partial charge in [0.05, 0.1) is 18.3 Å². The van der Waals surface area contributed by atoms with Crippen LogP contribution in [-0.4, -0.2) is 13.4 Å². The molecule has 0 fully saturated rings. The molecule has 0 aromatic heterocycles. The summed E-state index contributed by atoms with van der Waals surface area (Å²) in [4.78, 5) is 9.14. The Morgan fingerprint density at radius 2 is 0.867 bits per heavy atom. The number of anilines is 4. The Morgan fingerprint density at radius 1 is 0.483 bits per heavy atom. The summed E-state index contributed by atoms with van der Waals surface area (Å²) in [6, 6.07) is 58.1. The maximum absolute atomic E-state index is 11.6. The topological polar surface area (TPSA) is 34.6 Å². The van der Waals surface area contributed by atoms with Gasteiger partial charge in [0.15, 0.2) is 5.60 Å². The van der Waals surface area contributed by atoms with Gasteiger partial charge < -0.3 is 9.80 Å². The van der Waals surface area contributed by atoms with Crippen molar-refractivity contribution in [3.05, 3.63) is 225 Å². The zero-order valence-electron chi connectivity index (χ0n) is 35.0. The second-order valence-corrected chi connectivity index (χ2v) is 16.3. The first-order chi connectivity index (χ1) is 29.2. The fourth-order valence-corrected chi connectivity index (χ4v) is 10.1. The van der Waals surface area contributed by atoms with Crippen molar-refractivity contribution in [2.45, 2.75) is 41.5 Å². The van der Waals surface area contributed by atoms with E-state index in [1.807, 2.05) is 24.3 Å². The third-order valence-electron chi connectivity index (χ3n) is 12.2. The molecule has 7 aromatic rings. The summed E-state index contributed by atoms with van der Waals surface area (Å²) in [5, 5.41) is 11.6. The van der Waals surface area contributed by atoms with E-state index in [-0.39, 0.29) is 13.4 Å². The zero-order chi connectivity index (χ0) is 41.7. The highest BCUT2D eigenvalue weighted by Gasteiger charge is 2.45. The minimum absolute atomic E-state index is 0.380. The van der Waals surface area contributed by atoms with Gasteiger partial charge in [0, 0.05) is 33.9 Å². The summed E-state index contributed by atoms with van der Waals surface area (Å²) in [7, 11) is 0. The average Bonchev–Trinajstić information content (AvgIpc) is 3.25. The van der Waals surface area contributed by atoms with E-state index in [9.17, 15) is 5.26 Å². The van der Waals surface area contributed by atoms with Gasteiger partial charge in [0.25, 0.3) is 13.4 Å².